The molecule has 0 radical (unpaired) electrons. The van der Waals surface area contributed by atoms with Gasteiger partial charge in [-0.2, -0.15) is 0 Å². The number of amides is 2. The van der Waals surface area contributed by atoms with E-state index in [0.29, 0.717) is 25.8 Å². The molecular weight excluding hydrogens is 308 g/mol. The number of esters is 1. The smallest absolute Gasteiger partial charge is 0.328 e. The van der Waals surface area contributed by atoms with Crippen LogP contribution in [0.3, 0.4) is 0 Å². The number of rotatable bonds is 10. The minimum absolute atomic E-state index is 0.0467. The summed E-state index contributed by atoms with van der Waals surface area (Å²) in [6.07, 6.45) is 3.14. The molecule has 2 amide bonds. The zero-order valence-corrected chi connectivity index (χ0v) is 14.3. The van der Waals surface area contributed by atoms with Crippen LogP contribution in [0.2, 0.25) is 0 Å². The molecule has 0 fully saturated rings. The molecule has 1 atom stereocenters. The molecule has 2 N–H and O–H groups in total. The van der Waals surface area contributed by atoms with Gasteiger partial charge in [0.05, 0.1) is 7.11 Å². The van der Waals surface area contributed by atoms with E-state index in [1.54, 1.807) is 0 Å². The van der Waals surface area contributed by atoms with Crippen LogP contribution < -0.4 is 10.6 Å². The van der Waals surface area contributed by atoms with E-state index in [4.69, 9.17) is 4.74 Å². The van der Waals surface area contributed by atoms with Crippen LogP contribution in [0.15, 0.2) is 30.3 Å². The van der Waals surface area contributed by atoms with Crippen molar-refractivity contribution in [2.75, 3.05) is 13.7 Å². The minimum atomic E-state index is -0.677. The molecular formula is C18H26N2O4. The van der Waals surface area contributed by atoms with Gasteiger partial charge >= 0.3 is 5.97 Å². The molecule has 0 unspecified atom stereocenters. The van der Waals surface area contributed by atoms with Gasteiger partial charge in [0.15, 0.2) is 0 Å². The molecule has 0 aliphatic heterocycles. The lowest BCUT2D eigenvalue weighted by Crippen LogP contribution is -2.43. The molecule has 24 heavy (non-hydrogen) atoms. The van der Waals surface area contributed by atoms with Crippen molar-refractivity contribution in [2.45, 2.75) is 45.1 Å². The van der Waals surface area contributed by atoms with E-state index in [-0.39, 0.29) is 11.8 Å². The van der Waals surface area contributed by atoms with Gasteiger partial charge in [0.1, 0.15) is 6.04 Å². The lowest BCUT2D eigenvalue weighted by Gasteiger charge is -2.16. The predicted molar refractivity (Wildman–Crippen MR) is 91.2 cm³/mol. The normalized spacial score (nSPS) is 11.4. The summed E-state index contributed by atoms with van der Waals surface area (Å²) in [6, 6.07) is 8.82. The Bertz CT molecular complexity index is 531. The Morgan fingerprint density at radius 2 is 1.79 bits per heavy atom. The summed E-state index contributed by atoms with van der Waals surface area (Å²) in [4.78, 5) is 34.6. The van der Waals surface area contributed by atoms with Gasteiger partial charge in [-0.3, -0.25) is 9.59 Å². The van der Waals surface area contributed by atoms with Crippen LogP contribution in [0, 0.1) is 0 Å². The standard InChI is InChI=1S/C18H26N2O4/c1-14(21)19-12-8-4-7-11-17(22)20-16(18(23)24-2)13-15-9-5-3-6-10-15/h3,5-6,9-10,16H,4,7-8,11-13H2,1-2H3,(H,19,21)(H,20,22)/t16-/m0/s1. The largest absolute Gasteiger partial charge is 0.467 e. The maximum atomic E-state index is 12.0. The number of benzene rings is 1. The van der Waals surface area contributed by atoms with Crippen molar-refractivity contribution in [2.24, 2.45) is 0 Å². The average Bonchev–Trinajstić information content (AvgIpc) is 2.57. The summed E-state index contributed by atoms with van der Waals surface area (Å²) in [7, 11) is 1.31. The molecule has 1 rings (SSSR count). The minimum Gasteiger partial charge on any atom is -0.467 e. The molecule has 0 aliphatic carbocycles. The summed E-state index contributed by atoms with van der Waals surface area (Å²) in [5.74, 6) is -0.659. The van der Waals surface area contributed by atoms with Crippen molar-refractivity contribution < 1.29 is 19.1 Å². The molecule has 0 saturated heterocycles. The Balaban J connectivity index is 2.36. The first-order valence-electron chi connectivity index (χ1n) is 8.18. The van der Waals surface area contributed by atoms with Gasteiger partial charge in [-0.15, -0.1) is 0 Å². The SMILES string of the molecule is COC(=O)[C@H](Cc1ccccc1)NC(=O)CCCCCNC(C)=O. The third kappa shape index (κ3) is 8.31. The van der Waals surface area contributed by atoms with Crippen LogP contribution in [0.5, 0.6) is 0 Å². The van der Waals surface area contributed by atoms with Gasteiger partial charge in [0.25, 0.3) is 0 Å². The maximum absolute atomic E-state index is 12.0. The average molecular weight is 334 g/mol. The highest BCUT2D eigenvalue weighted by atomic mass is 16.5. The molecule has 1 aromatic carbocycles. The Hall–Kier alpha value is -2.37. The fourth-order valence-electron chi connectivity index (χ4n) is 2.30. The maximum Gasteiger partial charge on any atom is 0.328 e. The lowest BCUT2D eigenvalue weighted by molar-refractivity contribution is -0.145. The fourth-order valence-corrected chi connectivity index (χ4v) is 2.30. The molecule has 0 aliphatic rings. The van der Waals surface area contributed by atoms with Crippen molar-refractivity contribution in [3.8, 4) is 0 Å². The van der Waals surface area contributed by atoms with Gasteiger partial charge < -0.3 is 15.4 Å². The van der Waals surface area contributed by atoms with E-state index in [9.17, 15) is 14.4 Å². The number of carbonyl (C=O) groups excluding carboxylic acids is 3. The highest BCUT2D eigenvalue weighted by Crippen LogP contribution is 2.06. The Labute approximate surface area is 143 Å². The molecule has 0 bridgehead atoms. The molecule has 132 valence electrons. The van der Waals surface area contributed by atoms with E-state index < -0.39 is 12.0 Å². The van der Waals surface area contributed by atoms with Crippen molar-refractivity contribution >= 4 is 17.8 Å². The van der Waals surface area contributed by atoms with Gasteiger partial charge in [-0.05, 0) is 18.4 Å². The van der Waals surface area contributed by atoms with Gasteiger partial charge in [-0.25, -0.2) is 4.79 Å². The summed E-state index contributed by atoms with van der Waals surface area (Å²) in [6.45, 7) is 2.10. The van der Waals surface area contributed by atoms with Crippen LogP contribution in [0.1, 0.15) is 38.2 Å². The summed E-state index contributed by atoms with van der Waals surface area (Å²) in [5.41, 5.74) is 0.962. The van der Waals surface area contributed by atoms with Gasteiger partial charge in [0.2, 0.25) is 11.8 Å². The summed E-state index contributed by atoms with van der Waals surface area (Å²) >= 11 is 0. The number of unbranched alkanes of at least 4 members (excludes halogenated alkanes) is 2. The van der Waals surface area contributed by atoms with Crippen molar-refractivity contribution in [3.05, 3.63) is 35.9 Å². The van der Waals surface area contributed by atoms with E-state index in [2.05, 4.69) is 10.6 Å². The molecule has 6 heteroatoms. The number of methoxy groups -OCH3 is 1. The van der Waals surface area contributed by atoms with Crippen molar-refractivity contribution in [1.29, 1.82) is 0 Å². The Morgan fingerprint density at radius 3 is 2.42 bits per heavy atom. The first-order chi connectivity index (χ1) is 11.5. The first-order valence-corrected chi connectivity index (χ1v) is 8.18. The number of hydrogen-bond donors (Lipinski definition) is 2. The van der Waals surface area contributed by atoms with E-state index in [1.165, 1.54) is 14.0 Å². The van der Waals surface area contributed by atoms with Crippen LogP contribution in [0.25, 0.3) is 0 Å². The summed E-state index contributed by atoms with van der Waals surface area (Å²) in [5, 5.41) is 5.46. The van der Waals surface area contributed by atoms with Crippen molar-refractivity contribution in [3.63, 3.8) is 0 Å². The van der Waals surface area contributed by atoms with Gasteiger partial charge in [0, 0.05) is 26.3 Å². The molecule has 0 heterocycles. The molecule has 6 nitrogen and oxygen atoms in total. The van der Waals surface area contributed by atoms with Crippen molar-refractivity contribution in [1.82, 2.24) is 10.6 Å². The summed E-state index contributed by atoms with van der Waals surface area (Å²) < 4.78 is 4.77. The zero-order chi connectivity index (χ0) is 17.8. The predicted octanol–water partition coefficient (Wildman–Crippen LogP) is 1.58. The van der Waals surface area contributed by atoms with Crippen LogP contribution in [0.4, 0.5) is 0 Å². The highest BCUT2D eigenvalue weighted by molar-refractivity contribution is 5.84. The second-order valence-electron chi connectivity index (χ2n) is 5.63. The van der Waals surface area contributed by atoms with Crippen LogP contribution in [-0.4, -0.2) is 37.5 Å². The first kappa shape index (κ1) is 19.7. The topological polar surface area (TPSA) is 84.5 Å². The zero-order valence-electron chi connectivity index (χ0n) is 14.3. The third-order valence-corrected chi connectivity index (χ3v) is 3.56. The number of nitrogens with one attached hydrogen (secondary N) is 2. The monoisotopic (exact) mass is 334 g/mol. The second-order valence-corrected chi connectivity index (χ2v) is 5.63. The van der Waals surface area contributed by atoms with E-state index >= 15 is 0 Å². The Kier molecular flexibility index (Phi) is 9.19. The van der Waals surface area contributed by atoms with E-state index in [0.717, 1.165) is 18.4 Å². The number of ether oxygens (including phenoxy) is 1. The quantitative estimate of drug-likeness (QED) is 0.503. The molecule has 0 spiro atoms. The molecule has 1 aromatic rings. The Morgan fingerprint density at radius 1 is 1.08 bits per heavy atom. The van der Waals surface area contributed by atoms with Crippen LogP contribution >= 0.6 is 0 Å². The second kappa shape index (κ2) is 11.2. The van der Waals surface area contributed by atoms with Gasteiger partial charge in [-0.1, -0.05) is 36.8 Å². The lowest BCUT2D eigenvalue weighted by atomic mass is 10.1. The van der Waals surface area contributed by atoms with Crippen LogP contribution in [-0.2, 0) is 25.5 Å². The number of hydrogen-bond acceptors (Lipinski definition) is 4. The fraction of sp³-hybridized carbons (Fsp3) is 0.500. The molecule has 0 aromatic heterocycles. The number of carbonyl (C=O) groups is 3. The molecule has 0 saturated carbocycles. The third-order valence-electron chi connectivity index (χ3n) is 3.56. The highest BCUT2D eigenvalue weighted by Gasteiger charge is 2.21. The van der Waals surface area contributed by atoms with E-state index in [1.807, 2.05) is 30.3 Å².